The standard InChI is InChI=1S/C18H15N5OS/c1-13-6-5-9-16(10-13)23-18(20-21-22-23)25-12-15-11-24-17(19-15)14-7-3-2-4-8-14/h2-11H,12H2,1H3. The predicted octanol–water partition coefficient (Wildman–Crippen LogP) is 3.92. The van der Waals surface area contributed by atoms with E-state index in [-0.39, 0.29) is 0 Å². The SMILES string of the molecule is Cc1cccc(-n2nnnc2SCc2coc(-c3ccccc3)n2)c1. The molecule has 0 spiro atoms. The number of thioether (sulfide) groups is 1. The van der Waals surface area contributed by atoms with Crippen LogP contribution >= 0.6 is 11.8 Å². The Morgan fingerprint density at radius 2 is 1.96 bits per heavy atom. The quantitative estimate of drug-likeness (QED) is 0.509. The van der Waals surface area contributed by atoms with Gasteiger partial charge < -0.3 is 4.42 Å². The normalized spacial score (nSPS) is 10.9. The number of nitrogens with zero attached hydrogens (tertiary/aromatic N) is 5. The van der Waals surface area contributed by atoms with Crippen LogP contribution in [0.2, 0.25) is 0 Å². The molecule has 2 heterocycles. The Hall–Kier alpha value is -2.93. The van der Waals surface area contributed by atoms with Crippen LogP contribution in [-0.4, -0.2) is 25.2 Å². The van der Waals surface area contributed by atoms with Crippen LogP contribution in [0, 0.1) is 6.92 Å². The summed E-state index contributed by atoms with van der Waals surface area (Å²) in [6.45, 7) is 2.04. The Kier molecular flexibility index (Phi) is 4.30. The van der Waals surface area contributed by atoms with Gasteiger partial charge in [-0.2, -0.15) is 4.68 Å². The second-order valence-corrected chi connectivity index (χ2v) is 6.45. The Morgan fingerprint density at radius 1 is 1.08 bits per heavy atom. The summed E-state index contributed by atoms with van der Waals surface area (Å²) in [4.78, 5) is 4.53. The lowest BCUT2D eigenvalue weighted by Gasteiger charge is -2.04. The summed E-state index contributed by atoms with van der Waals surface area (Å²) < 4.78 is 7.30. The largest absolute Gasteiger partial charge is 0.444 e. The summed E-state index contributed by atoms with van der Waals surface area (Å²) in [7, 11) is 0. The van der Waals surface area contributed by atoms with Crippen molar-refractivity contribution in [1.82, 2.24) is 25.2 Å². The summed E-state index contributed by atoms with van der Waals surface area (Å²) in [6, 6.07) is 17.9. The molecule has 124 valence electrons. The molecule has 0 aliphatic rings. The van der Waals surface area contributed by atoms with Gasteiger partial charge in [-0.3, -0.25) is 0 Å². The highest BCUT2D eigenvalue weighted by atomic mass is 32.2. The molecule has 0 radical (unpaired) electrons. The number of hydrogen-bond acceptors (Lipinski definition) is 6. The first-order chi connectivity index (χ1) is 12.3. The smallest absolute Gasteiger partial charge is 0.226 e. The third kappa shape index (κ3) is 3.46. The minimum absolute atomic E-state index is 0.620. The molecule has 2 aromatic carbocycles. The third-order valence-corrected chi connectivity index (χ3v) is 4.56. The molecule has 4 rings (SSSR count). The fraction of sp³-hybridized carbons (Fsp3) is 0.111. The molecule has 7 heteroatoms. The first kappa shape index (κ1) is 15.6. The number of aryl methyl sites for hydroxylation is 1. The molecule has 0 atom stereocenters. The lowest BCUT2D eigenvalue weighted by Crippen LogP contribution is -1.99. The second-order valence-electron chi connectivity index (χ2n) is 5.51. The van der Waals surface area contributed by atoms with Crippen molar-refractivity contribution in [2.75, 3.05) is 0 Å². The van der Waals surface area contributed by atoms with Crippen LogP contribution in [-0.2, 0) is 5.75 Å². The van der Waals surface area contributed by atoms with E-state index in [4.69, 9.17) is 4.42 Å². The number of rotatable bonds is 5. The highest BCUT2D eigenvalue weighted by molar-refractivity contribution is 7.98. The van der Waals surface area contributed by atoms with Crippen LogP contribution in [0.3, 0.4) is 0 Å². The molecule has 0 fully saturated rings. The Labute approximate surface area is 148 Å². The van der Waals surface area contributed by atoms with Crippen LogP contribution in [0.5, 0.6) is 0 Å². The number of hydrogen-bond donors (Lipinski definition) is 0. The van der Waals surface area contributed by atoms with E-state index in [1.165, 1.54) is 11.8 Å². The predicted molar refractivity (Wildman–Crippen MR) is 95.4 cm³/mol. The highest BCUT2D eigenvalue weighted by Crippen LogP contribution is 2.24. The summed E-state index contributed by atoms with van der Waals surface area (Å²) in [5, 5.41) is 12.7. The van der Waals surface area contributed by atoms with Crippen molar-refractivity contribution < 1.29 is 4.42 Å². The molecule has 0 aliphatic heterocycles. The van der Waals surface area contributed by atoms with Crippen LogP contribution in [0.4, 0.5) is 0 Å². The van der Waals surface area contributed by atoms with Gasteiger partial charge in [0.05, 0.1) is 11.4 Å². The maximum absolute atomic E-state index is 5.57. The van der Waals surface area contributed by atoms with Crippen LogP contribution in [0.1, 0.15) is 11.3 Å². The van der Waals surface area contributed by atoms with Crippen LogP contribution in [0.15, 0.2) is 70.4 Å². The van der Waals surface area contributed by atoms with Gasteiger partial charge in [0.15, 0.2) is 0 Å². The number of tetrazole rings is 1. The molecular weight excluding hydrogens is 334 g/mol. The fourth-order valence-corrected chi connectivity index (χ4v) is 3.18. The lowest BCUT2D eigenvalue weighted by atomic mass is 10.2. The summed E-state index contributed by atoms with van der Waals surface area (Å²) in [6.07, 6.45) is 1.68. The van der Waals surface area contributed by atoms with E-state index in [1.807, 2.05) is 61.5 Å². The van der Waals surface area contributed by atoms with E-state index in [0.717, 1.165) is 27.7 Å². The molecule has 0 bridgehead atoms. The molecule has 0 amide bonds. The van der Waals surface area contributed by atoms with Crippen molar-refractivity contribution in [3.8, 4) is 17.1 Å². The van der Waals surface area contributed by atoms with Crippen molar-refractivity contribution in [3.05, 3.63) is 72.1 Å². The minimum Gasteiger partial charge on any atom is -0.444 e. The van der Waals surface area contributed by atoms with Gasteiger partial charge in [-0.15, -0.1) is 5.10 Å². The zero-order valence-electron chi connectivity index (χ0n) is 13.5. The molecule has 0 saturated carbocycles. The summed E-state index contributed by atoms with van der Waals surface area (Å²) in [5.74, 6) is 1.25. The first-order valence-electron chi connectivity index (χ1n) is 7.77. The van der Waals surface area contributed by atoms with Crippen molar-refractivity contribution >= 4 is 11.8 Å². The average Bonchev–Trinajstić information content (AvgIpc) is 3.30. The monoisotopic (exact) mass is 349 g/mol. The van der Waals surface area contributed by atoms with E-state index in [1.54, 1.807) is 10.9 Å². The van der Waals surface area contributed by atoms with Gasteiger partial charge in [0.25, 0.3) is 0 Å². The van der Waals surface area contributed by atoms with E-state index in [2.05, 4.69) is 20.5 Å². The Balaban J connectivity index is 1.50. The summed E-state index contributed by atoms with van der Waals surface area (Å²) >= 11 is 1.52. The molecule has 4 aromatic rings. The number of benzene rings is 2. The molecule has 0 unspecified atom stereocenters. The van der Waals surface area contributed by atoms with E-state index >= 15 is 0 Å². The van der Waals surface area contributed by atoms with Crippen LogP contribution in [0.25, 0.3) is 17.1 Å². The highest BCUT2D eigenvalue weighted by Gasteiger charge is 2.12. The maximum Gasteiger partial charge on any atom is 0.226 e. The molecule has 25 heavy (non-hydrogen) atoms. The van der Waals surface area contributed by atoms with Gasteiger partial charge in [-0.05, 0) is 47.2 Å². The zero-order valence-corrected chi connectivity index (χ0v) is 14.3. The van der Waals surface area contributed by atoms with Crippen molar-refractivity contribution in [2.45, 2.75) is 17.8 Å². The topological polar surface area (TPSA) is 69.6 Å². The van der Waals surface area contributed by atoms with Crippen LogP contribution < -0.4 is 0 Å². The second kappa shape index (κ2) is 6.90. The van der Waals surface area contributed by atoms with Gasteiger partial charge in [-0.25, -0.2) is 4.98 Å². The maximum atomic E-state index is 5.57. The first-order valence-corrected chi connectivity index (χ1v) is 8.76. The van der Waals surface area contributed by atoms with Gasteiger partial charge in [0.2, 0.25) is 11.0 Å². The van der Waals surface area contributed by atoms with Gasteiger partial charge >= 0.3 is 0 Å². The molecule has 2 aromatic heterocycles. The van der Waals surface area contributed by atoms with Crippen molar-refractivity contribution in [1.29, 1.82) is 0 Å². The molecule has 0 aliphatic carbocycles. The number of oxazole rings is 1. The van der Waals surface area contributed by atoms with E-state index in [9.17, 15) is 0 Å². The van der Waals surface area contributed by atoms with Gasteiger partial charge in [-0.1, -0.05) is 42.1 Å². The minimum atomic E-state index is 0.620. The molecule has 6 nitrogen and oxygen atoms in total. The van der Waals surface area contributed by atoms with E-state index < -0.39 is 0 Å². The number of aromatic nitrogens is 5. The van der Waals surface area contributed by atoms with Gasteiger partial charge in [0, 0.05) is 11.3 Å². The van der Waals surface area contributed by atoms with E-state index in [0.29, 0.717) is 11.6 Å². The lowest BCUT2D eigenvalue weighted by molar-refractivity contribution is 0.573. The van der Waals surface area contributed by atoms with Crippen molar-refractivity contribution in [2.24, 2.45) is 0 Å². The molecule has 0 N–H and O–H groups in total. The van der Waals surface area contributed by atoms with Gasteiger partial charge in [0.1, 0.15) is 6.26 Å². The third-order valence-electron chi connectivity index (χ3n) is 3.61. The zero-order chi connectivity index (χ0) is 17.1. The molecule has 0 saturated heterocycles. The molecular formula is C18H15N5OS. The Bertz CT molecular complexity index is 980. The Morgan fingerprint density at radius 3 is 2.80 bits per heavy atom. The summed E-state index contributed by atoms with van der Waals surface area (Å²) in [5.41, 5.74) is 3.91. The fourth-order valence-electron chi connectivity index (χ4n) is 2.42. The van der Waals surface area contributed by atoms with Crippen molar-refractivity contribution in [3.63, 3.8) is 0 Å². The average molecular weight is 349 g/mol.